The van der Waals surface area contributed by atoms with Crippen molar-refractivity contribution in [2.24, 2.45) is 4.99 Å². The summed E-state index contributed by atoms with van der Waals surface area (Å²) >= 11 is 6.47. The lowest BCUT2D eigenvalue weighted by atomic mass is 10.0. The van der Waals surface area contributed by atoms with Gasteiger partial charge < -0.3 is 4.98 Å². The fourth-order valence-electron chi connectivity index (χ4n) is 3.09. The SMILES string of the molecule is C=C/C=C\c1ccc(CC(C)=N/C(C)=c2/c(Cl)c(CC)[nH]c2=C)cc1C. The summed E-state index contributed by atoms with van der Waals surface area (Å²) in [5, 5.41) is 2.49. The Balaban J connectivity index is 2.31. The van der Waals surface area contributed by atoms with Gasteiger partial charge in [0.05, 0.1) is 5.02 Å². The van der Waals surface area contributed by atoms with Crippen LogP contribution in [-0.2, 0) is 12.8 Å². The maximum absolute atomic E-state index is 6.47. The maximum atomic E-state index is 6.47. The Labute approximate surface area is 161 Å². The molecule has 1 N–H and O–H groups in total. The first-order valence-corrected chi connectivity index (χ1v) is 9.24. The van der Waals surface area contributed by atoms with Crippen LogP contribution in [0.1, 0.15) is 43.2 Å². The largest absolute Gasteiger partial charge is 0.358 e. The molecule has 1 aromatic carbocycles. The van der Waals surface area contributed by atoms with Gasteiger partial charge in [-0.2, -0.15) is 0 Å². The van der Waals surface area contributed by atoms with Crippen LogP contribution in [0.25, 0.3) is 18.4 Å². The van der Waals surface area contributed by atoms with Crippen LogP contribution in [0, 0.1) is 6.92 Å². The molecule has 0 aliphatic heterocycles. The molecule has 1 heterocycles. The number of halogens is 1. The van der Waals surface area contributed by atoms with E-state index in [9.17, 15) is 0 Å². The molecule has 0 fully saturated rings. The van der Waals surface area contributed by atoms with Gasteiger partial charge in [0.1, 0.15) is 0 Å². The lowest BCUT2D eigenvalue weighted by Gasteiger charge is -2.06. The van der Waals surface area contributed by atoms with Gasteiger partial charge in [-0.3, -0.25) is 4.99 Å². The summed E-state index contributed by atoms with van der Waals surface area (Å²) in [7, 11) is 0. The van der Waals surface area contributed by atoms with E-state index in [1.165, 1.54) is 16.7 Å². The second-order valence-corrected chi connectivity index (χ2v) is 6.90. The number of aromatic amines is 1. The van der Waals surface area contributed by atoms with Crippen molar-refractivity contribution in [1.82, 2.24) is 4.98 Å². The first-order chi connectivity index (χ1) is 12.4. The molecule has 0 bridgehead atoms. The molecule has 0 saturated carbocycles. The molecule has 0 unspecified atom stereocenters. The van der Waals surface area contributed by atoms with E-state index in [1.54, 1.807) is 6.08 Å². The van der Waals surface area contributed by atoms with Crippen molar-refractivity contribution < 1.29 is 0 Å². The highest BCUT2D eigenvalue weighted by Crippen LogP contribution is 2.15. The van der Waals surface area contributed by atoms with E-state index in [1.807, 2.05) is 13.0 Å². The number of rotatable bonds is 6. The first kappa shape index (κ1) is 20.0. The van der Waals surface area contributed by atoms with Crippen LogP contribution in [-0.4, -0.2) is 10.7 Å². The molecule has 136 valence electrons. The zero-order chi connectivity index (χ0) is 19.3. The number of aryl methyl sites for hydroxylation is 2. The summed E-state index contributed by atoms with van der Waals surface area (Å²) in [5.74, 6) is 0. The minimum atomic E-state index is 0.737. The van der Waals surface area contributed by atoms with Crippen molar-refractivity contribution in [3.05, 3.63) is 74.9 Å². The molecule has 0 saturated heterocycles. The normalized spacial score (nSPS) is 13.3. The average Bonchev–Trinajstić information content (AvgIpc) is 2.87. The smallest absolute Gasteiger partial charge is 0.0709 e. The summed E-state index contributed by atoms with van der Waals surface area (Å²) in [4.78, 5) is 8.03. The predicted octanol–water partition coefficient (Wildman–Crippen LogP) is 4.98. The fraction of sp³-hybridized carbons (Fsp3) is 0.261. The van der Waals surface area contributed by atoms with Gasteiger partial charge in [-0.05, 0) is 43.9 Å². The van der Waals surface area contributed by atoms with Crippen molar-refractivity contribution >= 4 is 35.7 Å². The lowest BCUT2D eigenvalue weighted by Crippen LogP contribution is -2.23. The Morgan fingerprint density at radius 3 is 2.62 bits per heavy atom. The zero-order valence-electron chi connectivity index (χ0n) is 16.1. The van der Waals surface area contributed by atoms with Crippen LogP contribution in [0.15, 0.2) is 41.9 Å². The van der Waals surface area contributed by atoms with Crippen LogP contribution in [0.4, 0.5) is 0 Å². The van der Waals surface area contributed by atoms with Gasteiger partial charge >= 0.3 is 0 Å². The highest BCUT2D eigenvalue weighted by molar-refractivity contribution is 6.31. The lowest BCUT2D eigenvalue weighted by molar-refractivity contribution is 1.05. The molecule has 0 amide bonds. The van der Waals surface area contributed by atoms with E-state index in [2.05, 4.69) is 63.2 Å². The topological polar surface area (TPSA) is 28.1 Å². The minimum absolute atomic E-state index is 0.737. The van der Waals surface area contributed by atoms with Crippen molar-refractivity contribution in [2.45, 2.75) is 40.5 Å². The third-order valence-corrected chi connectivity index (χ3v) is 4.79. The number of benzene rings is 1. The number of nitrogens with zero attached hydrogens (tertiary/aromatic N) is 1. The van der Waals surface area contributed by atoms with Gasteiger partial charge in [-0.1, -0.05) is 68.1 Å². The summed E-state index contributed by atoms with van der Waals surface area (Å²) in [5.41, 5.74) is 6.66. The molecule has 26 heavy (non-hydrogen) atoms. The number of nitrogens with one attached hydrogen (secondary N) is 1. The number of hydrogen-bond acceptors (Lipinski definition) is 1. The fourth-order valence-corrected chi connectivity index (χ4v) is 3.52. The van der Waals surface area contributed by atoms with Crippen LogP contribution in [0.5, 0.6) is 0 Å². The van der Waals surface area contributed by atoms with Crippen LogP contribution >= 0.6 is 11.6 Å². The molecule has 2 nitrogen and oxygen atoms in total. The van der Waals surface area contributed by atoms with Gasteiger partial charge in [0.2, 0.25) is 0 Å². The number of aliphatic imine (C=N–C) groups is 1. The van der Waals surface area contributed by atoms with E-state index in [0.717, 1.165) is 45.5 Å². The maximum Gasteiger partial charge on any atom is 0.0709 e. The second kappa shape index (κ2) is 8.86. The summed E-state index contributed by atoms with van der Waals surface area (Å²) in [6, 6.07) is 6.50. The molecule has 0 radical (unpaired) electrons. The summed E-state index contributed by atoms with van der Waals surface area (Å²) in [6.45, 7) is 16.0. The first-order valence-electron chi connectivity index (χ1n) is 8.86. The Morgan fingerprint density at radius 2 is 2.04 bits per heavy atom. The average molecular weight is 367 g/mol. The third-order valence-electron chi connectivity index (χ3n) is 4.37. The Bertz CT molecular complexity index is 974. The standard InChI is InChI=1S/C23H27ClN2/c1-7-9-10-20-12-11-19(13-15(20)3)14-16(4)25-17(5)22-18(6)26-21(8-2)23(22)24/h7,9-13,26H,1,6,8,14H2,2-5H3/b10-9-,22-17+,25-16?. The molecular weight excluding hydrogens is 340 g/mol. The van der Waals surface area contributed by atoms with Crippen LogP contribution in [0.3, 0.4) is 0 Å². The van der Waals surface area contributed by atoms with Crippen molar-refractivity contribution in [3.8, 4) is 0 Å². The quantitative estimate of drug-likeness (QED) is 0.551. The highest BCUT2D eigenvalue weighted by Gasteiger charge is 2.07. The number of allylic oxidation sites excluding steroid dienone is 2. The van der Waals surface area contributed by atoms with Crippen molar-refractivity contribution in [3.63, 3.8) is 0 Å². The summed E-state index contributed by atoms with van der Waals surface area (Å²) < 4.78 is 0. The molecule has 3 heteroatoms. The highest BCUT2D eigenvalue weighted by atomic mass is 35.5. The van der Waals surface area contributed by atoms with E-state index in [-0.39, 0.29) is 0 Å². The molecule has 2 aromatic rings. The van der Waals surface area contributed by atoms with Gasteiger partial charge in [-0.25, -0.2) is 0 Å². The number of H-pyrrole nitrogens is 1. The molecule has 2 rings (SSSR count). The van der Waals surface area contributed by atoms with E-state index in [0.29, 0.717) is 0 Å². The van der Waals surface area contributed by atoms with E-state index >= 15 is 0 Å². The van der Waals surface area contributed by atoms with Gasteiger partial charge in [0.15, 0.2) is 0 Å². The molecule has 0 atom stereocenters. The van der Waals surface area contributed by atoms with Crippen molar-refractivity contribution in [1.29, 1.82) is 0 Å². The molecule has 0 aliphatic rings. The number of hydrogen-bond donors (Lipinski definition) is 1. The van der Waals surface area contributed by atoms with Gasteiger partial charge in [-0.15, -0.1) is 0 Å². The van der Waals surface area contributed by atoms with Crippen LogP contribution < -0.4 is 10.6 Å². The number of aromatic nitrogens is 1. The van der Waals surface area contributed by atoms with E-state index < -0.39 is 0 Å². The monoisotopic (exact) mass is 366 g/mol. The molecule has 0 spiro atoms. The molecule has 0 aliphatic carbocycles. The minimum Gasteiger partial charge on any atom is -0.358 e. The van der Waals surface area contributed by atoms with Crippen molar-refractivity contribution in [2.75, 3.05) is 0 Å². The Kier molecular flexibility index (Phi) is 6.82. The van der Waals surface area contributed by atoms with E-state index in [4.69, 9.17) is 16.6 Å². The Morgan fingerprint density at radius 1 is 1.31 bits per heavy atom. The summed E-state index contributed by atoms with van der Waals surface area (Å²) in [6.07, 6.45) is 7.46. The van der Waals surface area contributed by atoms with Crippen LogP contribution in [0.2, 0.25) is 5.02 Å². The second-order valence-electron chi connectivity index (χ2n) is 6.52. The van der Waals surface area contributed by atoms with Gasteiger partial charge in [0.25, 0.3) is 0 Å². The third kappa shape index (κ3) is 4.64. The Hall–Kier alpha value is -2.32. The van der Waals surface area contributed by atoms with Gasteiger partial charge in [0, 0.05) is 34.1 Å². The molecular formula is C23H27ClN2. The molecule has 1 aromatic heterocycles. The zero-order valence-corrected chi connectivity index (χ0v) is 16.9. The predicted molar refractivity (Wildman–Crippen MR) is 116 cm³/mol.